The Morgan fingerprint density at radius 3 is 2.53 bits per heavy atom. The Morgan fingerprint density at radius 2 is 1.72 bits per heavy atom. The maximum absolute atomic E-state index is 13.2. The van der Waals surface area contributed by atoms with Crippen molar-refractivity contribution in [1.29, 1.82) is 0 Å². The number of hydrogen-bond acceptors (Lipinski definition) is 6. The first-order chi connectivity index (χ1) is 17.6. The Kier molecular flexibility index (Phi) is 8.22. The molecular formula is C29H39N3O4. The number of carbonyl (C=O) groups is 1. The molecule has 36 heavy (non-hydrogen) atoms. The maximum atomic E-state index is 13.2. The molecule has 0 spiro atoms. The van der Waals surface area contributed by atoms with Crippen molar-refractivity contribution in [2.75, 3.05) is 59.5 Å². The van der Waals surface area contributed by atoms with Gasteiger partial charge in [-0.15, -0.1) is 0 Å². The summed E-state index contributed by atoms with van der Waals surface area (Å²) in [6.07, 6.45) is 3.48. The summed E-state index contributed by atoms with van der Waals surface area (Å²) < 4.78 is 11.5. The second-order valence-electron chi connectivity index (χ2n) is 10.4. The average Bonchev–Trinajstić information content (AvgIpc) is 2.90. The van der Waals surface area contributed by atoms with Crippen molar-refractivity contribution in [2.24, 2.45) is 0 Å². The number of carbonyl (C=O) groups excluding carboxylic acids is 1. The van der Waals surface area contributed by atoms with Gasteiger partial charge in [0.2, 0.25) is 0 Å². The zero-order valence-corrected chi connectivity index (χ0v) is 21.4. The predicted molar refractivity (Wildman–Crippen MR) is 139 cm³/mol. The topological polar surface area (TPSA) is 65.5 Å². The Morgan fingerprint density at radius 1 is 0.944 bits per heavy atom. The third kappa shape index (κ3) is 6.09. The van der Waals surface area contributed by atoms with Crippen molar-refractivity contribution in [3.63, 3.8) is 0 Å². The molecule has 7 heteroatoms. The number of aliphatic hydroxyl groups is 1. The summed E-state index contributed by atoms with van der Waals surface area (Å²) in [7, 11) is 1.74. The number of aliphatic hydroxyl groups excluding tert-OH is 1. The minimum absolute atomic E-state index is 0.0114. The summed E-state index contributed by atoms with van der Waals surface area (Å²) in [6.45, 7) is 7.19. The molecule has 1 saturated heterocycles. The fourth-order valence-electron chi connectivity index (χ4n) is 5.74. The van der Waals surface area contributed by atoms with Gasteiger partial charge in [-0.3, -0.25) is 9.69 Å². The van der Waals surface area contributed by atoms with Gasteiger partial charge in [0.05, 0.1) is 12.7 Å². The first-order valence-corrected chi connectivity index (χ1v) is 13.4. The van der Waals surface area contributed by atoms with Crippen LogP contribution < -0.4 is 4.74 Å². The fraction of sp³-hybridized carbons (Fsp3) is 0.552. The highest BCUT2D eigenvalue weighted by molar-refractivity contribution is 5.97. The zero-order valence-electron chi connectivity index (χ0n) is 21.4. The number of hydrogen-bond donors (Lipinski definition) is 1. The molecule has 1 fully saturated rings. The third-order valence-electron chi connectivity index (χ3n) is 7.80. The molecule has 3 aliphatic rings. The number of fused-ring (bicyclic) bond motifs is 2. The third-order valence-corrected chi connectivity index (χ3v) is 7.80. The monoisotopic (exact) mass is 493 g/mol. The summed E-state index contributed by atoms with van der Waals surface area (Å²) in [6, 6.07) is 14.4. The molecule has 2 aromatic carbocycles. The average molecular weight is 494 g/mol. The van der Waals surface area contributed by atoms with E-state index in [1.165, 1.54) is 11.1 Å². The van der Waals surface area contributed by atoms with Crippen molar-refractivity contribution in [2.45, 2.75) is 44.4 Å². The lowest BCUT2D eigenvalue weighted by molar-refractivity contribution is 0.0492. The first kappa shape index (κ1) is 25.2. The van der Waals surface area contributed by atoms with E-state index in [0.717, 1.165) is 81.9 Å². The number of likely N-dealkylation sites (tertiary alicyclic amines) is 1. The molecule has 1 atom stereocenters. The Bertz CT molecular complexity index is 1040. The Labute approximate surface area is 214 Å². The molecule has 194 valence electrons. The highest BCUT2D eigenvalue weighted by Crippen LogP contribution is 2.27. The Hall–Kier alpha value is -2.45. The lowest BCUT2D eigenvalue weighted by Crippen LogP contribution is -2.46. The molecule has 7 nitrogen and oxygen atoms in total. The number of benzene rings is 2. The highest BCUT2D eigenvalue weighted by Gasteiger charge is 2.28. The van der Waals surface area contributed by atoms with Crippen LogP contribution in [0.2, 0.25) is 0 Å². The number of amides is 1. The largest absolute Gasteiger partial charge is 0.490 e. The van der Waals surface area contributed by atoms with Crippen molar-refractivity contribution in [3.8, 4) is 5.75 Å². The second-order valence-corrected chi connectivity index (χ2v) is 10.4. The summed E-state index contributed by atoms with van der Waals surface area (Å²) in [5.74, 6) is 0.869. The molecule has 3 heterocycles. The minimum Gasteiger partial charge on any atom is -0.490 e. The van der Waals surface area contributed by atoms with E-state index >= 15 is 0 Å². The molecule has 0 bridgehead atoms. The van der Waals surface area contributed by atoms with E-state index in [2.05, 4.69) is 34.1 Å². The van der Waals surface area contributed by atoms with Crippen molar-refractivity contribution >= 4 is 5.91 Å². The molecule has 1 unspecified atom stereocenters. The molecule has 1 N–H and O–H groups in total. The van der Waals surface area contributed by atoms with Gasteiger partial charge in [0.25, 0.3) is 5.91 Å². The van der Waals surface area contributed by atoms with Crippen molar-refractivity contribution in [1.82, 2.24) is 14.7 Å². The predicted octanol–water partition coefficient (Wildman–Crippen LogP) is 2.59. The number of β-amino-alcohol motifs (C(OH)–C–C–N with tert-alkyl or cyclic N) is 1. The fourth-order valence-corrected chi connectivity index (χ4v) is 5.74. The summed E-state index contributed by atoms with van der Waals surface area (Å²) in [5, 5.41) is 10.8. The SMILES string of the molecule is COCCN1CCC(Oc2ccc3c(c2)CCN(CC(O)CN2CCc4ccccc4C2)C3=O)CC1. The number of piperidine rings is 1. The van der Waals surface area contributed by atoms with Gasteiger partial charge in [0.15, 0.2) is 0 Å². The van der Waals surface area contributed by atoms with Gasteiger partial charge in [-0.1, -0.05) is 24.3 Å². The maximum Gasteiger partial charge on any atom is 0.254 e. The van der Waals surface area contributed by atoms with Crippen LogP contribution in [0.4, 0.5) is 0 Å². The standard InChI is InChI=1S/C29H39N3O4/c1-35-17-16-30-13-10-26(11-14-30)36-27-6-7-28-23(18-27)9-15-32(29(28)34)21-25(33)20-31-12-8-22-4-2-3-5-24(22)19-31/h2-7,18,25-26,33H,8-17,19-21H2,1H3. The molecule has 0 saturated carbocycles. The van der Waals surface area contributed by atoms with Crippen molar-refractivity contribution < 1.29 is 19.4 Å². The van der Waals surface area contributed by atoms with Gasteiger partial charge in [0, 0.05) is 65.0 Å². The van der Waals surface area contributed by atoms with Crippen LogP contribution in [0.3, 0.4) is 0 Å². The molecule has 1 amide bonds. The van der Waals surface area contributed by atoms with E-state index in [1.807, 2.05) is 18.2 Å². The summed E-state index contributed by atoms with van der Waals surface area (Å²) in [5.41, 5.74) is 4.53. The summed E-state index contributed by atoms with van der Waals surface area (Å²) in [4.78, 5) is 19.7. The van der Waals surface area contributed by atoms with E-state index < -0.39 is 6.10 Å². The second kappa shape index (κ2) is 11.7. The quantitative estimate of drug-likeness (QED) is 0.579. The van der Waals surface area contributed by atoms with Crippen LogP contribution in [-0.4, -0.2) is 97.5 Å². The first-order valence-electron chi connectivity index (χ1n) is 13.4. The zero-order chi connectivity index (χ0) is 24.9. The normalized spacial score (nSPS) is 20.2. The van der Waals surface area contributed by atoms with Gasteiger partial charge in [0.1, 0.15) is 11.9 Å². The number of methoxy groups -OCH3 is 1. The van der Waals surface area contributed by atoms with Crippen LogP contribution >= 0.6 is 0 Å². The van der Waals surface area contributed by atoms with Crippen LogP contribution in [0.5, 0.6) is 5.75 Å². The molecule has 0 aromatic heterocycles. The number of ether oxygens (including phenoxy) is 2. The molecule has 0 radical (unpaired) electrons. The Balaban J connectivity index is 1.11. The van der Waals surface area contributed by atoms with Gasteiger partial charge >= 0.3 is 0 Å². The van der Waals surface area contributed by atoms with Gasteiger partial charge in [-0.25, -0.2) is 0 Å². The van der Waals surface area contributed by atoms with Gasteiger partial charge < -0.3 is 24.4 Å². The van der Waals surface area contributed by atoms with Crippen molar-refractivity contribution in [3.05, 3.63) is 64.7 Å². The van der Waals surface area contributed by atoms with E-state index in [1.54, 1.807) is 12.0 Å². The smallest absolute Gasteiger partial charge is 0.254 e. The van der Waals surface area contributed by atoms with E-state index in [4.69, 9.17) is 9.47 Å². The lowest BCUT2D eigenvalue weighted by Gasteiger charge is -2.34. The van der Waals surface area contributed by atoms with Crippen LogP contribution in [0.25, 0.3) is 0 Å². The van der Waals surface area contributed by atoms with Crippen LogP contribution in [0.1, 0.15) is 39.9 Å². The minimum atomic E-state index is -0.557. The number of nitrogens with zero attached hydrogens (tertiary/aromatic N) is 3. The van der Waals surface area contributed by atoms with Crippen LogP contribution in [0.15, 0.2) is 42.5 Å². The van der Waals surface area contributed by atoms with E-state index in [0.29, 0.717) is 19.6 Å². The molecule has 3 aliphatic heterocycles. The summed E-state index contributed by atoms with van der Waals surface area (Å²) >= 11 is 0. The molecule has 2 aromatic rings. The number of rotatable bonds is 9. The lowest BCUT2D eigenvalue weighted by atomic mass is 9.98. The van der Waals surface area contributed by atoms with Crippen LogP contribution in [-0.2, 0) is 24.1 Å². The van der Waals surface area contributed by atoms with Gasteiger partial charge in [-0.05, 0) is 60.6 Å². The molecule has 5 rings (SSSR count). The van der Waals surface area contributed by atoms with E-state index in [9.17, 15) is 9.90 Å². The van der Waals surface area contributed by atoms with Gasteiger partial charge in [-0.2, -0.15) is 0 Å². The molecular weight excluding hydrogens is 454 g/mol. The van der Waals surface area contributed by atoms with E-state index in [-0.39, 0.29) is 12.0 Å². The molecule has 0 aliphatic carbocycles. The highest BCUT2D eigenvalue weighted by atomic mass is 16.5. The van der Waals surface area contributed by atoms with Crippen LogP contribution in [0, 0.1) is 0 Å².